The fourth-order valence-electron chi connectivity index (χ4n) is 2.19. The molecule has 6 heteroatoms. The highest BCUT2D eigenvalue weighted by Crippen LogP contribution is 2.27. The number of nitrogens with one attached hydrogen (secondary N) is 1. The van der Waals surface area contributed by atoms with Gasteiger partial charge in [0.15, 0.2) is 0 Å². The summed E-state index contributed by atoms with van der Waals surface area (Å²) in [6, 6.07) is 9.53. The number of ether oxygens (including phenoxy) is 3. The van der Waals surface area contributed by atoms with Crippen LogP contribution in [0.15, 0.2) is 42.5 Å². The molecule has 2 atom stereocenters. The van der Waals surface area contributed by atoms with Crippen molar-refractivity contribution in [3.63, 3.8) is 0 Å². The van der Waals surface area contributed by atoms with E-state index in [2.05, 4.69) is 5.32 Å². The Balaban J connectivity index is 1.50. The van der Waals surface area contributed by atoms with Gasteiger partial charge in [0, 0.05) is 12.6 Å². The van der Waals surface area contributed by atoms with Gasteiger partial charge >= 0.3 is 12.1 Å². The Labute approximate surface area is 141 Å². The van der Waals surface area contributed by atoms with Gasteiger partial charge in [0.2, 0.25) is 0 Å². The molecule has 1 aromatic rings. The lowest BCUT2D eigenvalue weighted by Gasteiger charge is -2.06. The summed E-state index contributed by atoms with van der Waals surface area (Å²) in [4.78, 5) is 22.7. The van der Waals surface area contributed by atoms with E-state index in [1.54, 1.807) is 13.0 Å². The third-order valence-corrected chi connectivity index (χ3v) is 3.48. The minimum Gasteiger partial charge on any atom is -0.463 e. The Bertz CT molecular complexity index is 558. The maximum absolute atomic E-state index is 11.6. The van der Waals surface area contributed by atoms with Crippen molar-refractivity contribution in [2.75, 3.05) is 13.2 Å². The number of alkyl carbamates (subject to hydrolysis) is 1. The molecule has 6 nitrogen and oxygen atoms in total. The lowest BCUT2D eigenvalue weighted by molar-refractivity contribution is -0.137. The molecule has 2 unspecified atom stereocenters. The molecule has 1 N–H and O–H groups in total. The summed E-state index contributed by atoms with van der Waals surface area (Å²) in [5.41, 5.74) is 0.954. The second-order valence-electron chi connectivity index (χ2n) is 5.38. The molecule has 24 heavy (non-hydrogen) atoms. The summed E-state index contributed by atoms with van der Waals surface area (Å²) in [5.74, 6) is -0.352. The first-order valence-corrected chi connectivity index (χ1v) is 8.14. The van der Waals surface area contributed by atoms with Crippen molar-refractivity contribution in [3.8, 4) is 0 Å². The van der Waals surface area contributed by atoms with Crippen molar-refractivity contribution in [3.05, 3.63) is 48.0 Å². The van der Waals surface area contributed by atoms with Crippen molar-refractivity contribution < 1.29 is 23.8 Å². The van der Waals surface area contributed by atoms with Crippen molar-refractivity contribution in [1.82, 2.24) is 5.32 Å². The summed E-state index contributed by atoms with van der Waals surface area (Å²) in [6.45, 7) is 2.92. The van der Waals surface area contributed by atoms with Crippen molar-refractivity contribution in [2.45, 2.75) is 38.6 Å². The highest BCUT2D eigenvalue weighted by molar-refractivity contribution is 5.82. The Morgan fingerprint density at radius 3 is 2.79 bits per heavy atom. The zero-order chi connectivity index (χ0) is 17.2. The predicted octanol–water partition coefficient (Wildman–Crippen LogP) is 2.58. The van der Waals surface area contributed by atoms with Crippen LogP contribution >= 0.6 is 0 Å². The summed E-state index contributed by atoms with van der Waals surface area (Å²) in [5, 5.41) is 2.71. The monoisotopic (exact) mass is 333 g/mol. The molecule has 0 saturated carbocycles. The number of carbonyl (C=O) groups excluding carboxylic acids is 2. The van der Waals surface area contributed by atoms with Crippen LogP contribution in [-0.2, 0) is 25.6 Å². The minimum absolute atomic E-state index is 0.0283. The lowest BCUT2D eigenvalue weighted by Crippen LogP contribution is -2.25. The van der Waals surface area contributed by atoms with Gasteiger partial charge in [0.05, 0.1) is 12.7 Å². The summed E-state index contributed by atoms with van der Waals surface area (Å²) < 4.78 is 15.3. The molecule has 0 aromatic heterocycles. The van der Waals surface area contributed by atoms with Crippen LogP contribution in [0.5, 0.6) is 0 Å². The number of esters is 1. The molecule has 1 aliphatic rings. The first-order chi connectivity index (χ1) is 11.7. The van der Waals surface area contributed by atoms with E-state index >= 15 is 0 Å². The predicted molar refractivity (Wildman–Crippen MR) is 88.3 cm³/mol. The van der Waals surface area contributed by atoms with E-state index in [1.807, 2.05) is 30.3 Å². The molecule has 1 saturated heterocycles. The largest absolute Gasteiger partial charge is 0.463 e. The first kappa shape index (κ1) is 18.0. The number of hydrogen-bond donors (Lipinski definition) is 1. The molecule has 1 fully saturated rings. The number of amides is 1. The van der Waals surface area contributed by atoms with Crippen LogP contribution in [0.3, 0.4) is 0 Å². The van der Waals surface area contributed by atoms with Gasteiger partial charge < -0.3 is 19.5 Å². The van der Waals surface area contributed by atoms with Gasteiger partial charge in [0.1, 0.15) is 12.7 Å². The summed E-state index contributed by atoms with van der Waals surface area (Å²) in [6.07, 6.45) is 4.37. The Morgan fingerprint density at radius 2 is 2.04 bits per heavy atom. The van der Waals surface area contributed by atoms with Crippen molar-refractivity contribution in [2.24, 2.45) is 0 Å². The maximum atomic E-state index is 11.6. The van der Waals surface area contributed by atoms with Gasteiger partial charge in [0.25, 0.3) is 0 Å². The third kappa shape index (κ3) is 6.83. The second-order valence-corrected chi connectivity index (χ2v) is 5.38. The molecule has 0 bridgehead atoms. The van der Waals surface area contributed by atoms with Gasteiger partial charge in [-0.2, -0.15) is 0 Å². The van der Waals surface area contributed by atoms with Crippen molar-refractivity contribution >= 4 is 12.1 Å². The van der Waals surface area contributed by atoms with Crippen LogP contribution in [-0.4, -0.2) is 37.4 Å². The number of benzene rings is 1. The van der Waals surface area contributed by atoms with E-state index in [9.17, 15) is 9.59 Å². The average molecular weight is 333 g/mol. The van der Waals surface area contributed by atoms with Gasteiger partial charge in [-0.25, -0.2) is 9.59 Å². The van der Waals surface area contributed by atoms with E-state index in [0.29, 0.717) is 13.2 Å². The molecule has 1 amide bonds. The highest BCUT2D eigenvalue weighted by Gasteiger charge is 2.35. The molecule has 2 rings (SSSR count). The molecule has 0 radical (unpaired) electrons. The Morgan fingerprint density at radius 1 is 1.25 bits per heavy atom. The highest BCUT2D eigenvalue weighted by atomic mass is 16.6. The van der Waals surface area contributed by atoms with Gasteiger partial charge in [-0.15, -0.1) is 0 Å². The van der Waals surface area contributed by atoms with Crippen LogP contribution in [0.25, 0.3) is 0 Å². The lowest BCUT2D eigenvalue weighted by atomic mass is 10.2. The summed E-state index contributed by atoms with van der Waals surface area (Å²) >= 11 is 0. The number of carbonyl (C=O) groups is 2. The zero-order valence-electron chi connectivity index (χ0n) is 13.8. The van der Waals surface area contributed by atoms with Gasteiger partial charge in [-0.1, -0.05) is 30.3 Å². The fraction of sp³-hybridized carbons (Fsp3) is 0.444. The molecule has 0 aliphatic carbocycles. The topological polar surface area (TPSA) is 77.2 Å². The number of epoxide rings is 1. The van der Waals surface area contributed by atoms with Gasteiger partial charge in [-0.05, 0) is 31.4 Å². The molecule has 0 spiro atoms. The fourth-order valence-corrected chi connectivity index (χ4v) is 2.19. The van der Waals surface area contributed by atoms with E-state index in [1.165, 1.54) is 6.08 Å². The third-order valence-electron chi connectivity index (χ3n) is 3.48. The van der Waals surface area contributed by atoms with E-state index in [0.717, 1.165) is 18.4 Å². The van der Waals surface area contributed by atoms with Gasteiger partial charge in [-0.3, -0.25) is 0 Å². The Kier molecular flexibility index (Phi) is 7.29. The van der Waals surface area contributed by atoms with E-state index < -0.39 is 6.09 Å². The normalized spacial score (nSPS) is 19.0. The molecule has 130 valence electrons. The standard InChI is InChI=1S/C18H23NO5/c1-2-22-17(20)11-10-16-15(24-16)9-6-12-19-18(21)23-13-14-7-4-3-5-8-14/h3-5,7-8,10-11,15-16H,2,6,9,12-13H2,1H3,(H,19,21)/b11-10+. The molecular formula is C18H23NO5. The van der Waals surface area contributed by atoms with E-state index in [-0.39, 0.29) is 24.8 Å². The van der Waals surface area contributed by atoms with E-state index in [4.69, 9.17) is 14.2 Å². The van der Waals surface area contributed by atoms with Crippen LogP contribution in [0.2, 0.25) is 0 Å². The number of rotatable bonds is 9. The van der Waals surface area contributed by atoms with Crippen LogP contribution in [0, 0.1) is 0 Å². The second kappa shape index (κ2) is 9.72. The zero-order valence-corrected chi connectivity index (χ0v) is 13.8. The SMILES string of the molecule is CCOC(=O)/C=C/C1OC1CCCNC(=O)OCc1ccccc1. The average Bonchev–Trinajstić information content (AvgIpc) is 3.35. The smallest absolute Gasteiger partial charge is 0.407 e. The van der Waals surface area contributed by atoms with Crippen LogP contribution in [0.1, 0.15) is 25.3 Å². The van der Waals surface area contributed by atoms with Crippen molar-refractivity contribution in [1.29, 1.82) is 0 Å². The van der Waals surface area contributed by atoms with Crippen LogP contribution < -0.4 is 5.32 Å². The quantitative estimate of drug-likeness (QED) is 0.325. The minimum atomic E-state index is -0.422. The molecule has 1 aliphatic heterocycles. The molecule has 1 aromatic carbocycles. The molecular weight excluding hydrogens is 310 g/mol. The molecule has 1 heterocycles. The summed E-state index contributed by atoms with van der Waals surface area (Å²) in [7, 11) is 0. The first-order valence-electron chi connectivity index (χ1n) is 8.14. The maximum Gasteiger partial charge on any atom is 0.407 e. The Hall–Kier alpha value is -2.34. The number of hydrogen-bond acceptors (Lipinski definition) is 5. The van der Waals surface area contributed by atoms with Crippen LogP contribution in [0.4, 0.5) is 4.79 Å².